The molecular formula is C26H34F5N7O3Si. The number of amides is 2. The number of urea groups is 1. The van der Waals surface area contributed by atoms with Gasteiger partial charge >= 0.3 is 12.2 Å². The summed E-state index contributed by atoms with van der Waals surface area (Å²) in [4.78, 5) is 36.1. The molecule has 4 heterocycles. The van der Waals surface area contributed by atoms with E-state index in [-0.39, 0.29) is 18.8 Å². The molecule has 0 saturated carbocycles. The predicted octanol–water partition coefficient (Wildman–Crippen LogP) is 4.84. The van der Waals surface area contributed by atoms with E-state index in [9.17, 15) is 22.8 Å². The van der Waals surface area contributed by atoms with Crippen LogP contribution < -0.4 is 15.8 Å². The van der Waals surface area contributed by atoms with Crippen LogP contribution in [0.3, 0.4) is 0 Å². The third kappa shape index (κ3) is 7.08. The molecule has 42 heavy (non-hydrogen) atoms. The minimum Gasteiger partial charge on any atom is -0.361 e. The van der Waals surface area contributed by atoms with Gasteiger partial charge in [0.1, 0.15) is 29.8 Å². The summed E-state index contributed by atoms with van der Waals surface area (Å²) in [6.07, 6.45) is -1.16. The van der Waals surface area contributed by atoms with E-state index in [1.54, 1.807) is 16.8 Å². The van der Waals surface area contributed by atoms with Gasteiger partial charge < -0.3 is 29.0 Å². The summed E-state index contributed by atoms with van der Waals surface area (Å²) in [5.74, 6) is -3.16. The molecule has 1 aliphatic heterocycles. The standard InChI is InChI=1S/C26H34F5N7O3Si/c1-35-14-17(26(29,30)31)12-19(23(35)39)34-24(40)36(2)20-7-9-37(15-25(20,27)28)21-13-32-22-18(33-21)6-8-38(22)16-41-10-11-42(3,4)5/h6,8,12-14,20H,7,9-11,15-16H2,1-5H3,(H,34,40). The molecule has 0 aliphatic carbocycles. The van der Waals surface area contributed by atoms with E-state index >= 15 is 8.78 Å². The van der Waals surface area contributed by atoms with Crippen molar-refractivity contribution in [3.8, 4) is 0 Å². The molecule has 1 unspecified atom stereocenters. The van der Waals surface area contributed by atoms with Crippen molar-refractivity contribution in [3.05, 3.63) is 46.6 Å². The van der Waals surface area contributed by atoms with Crippen molar-refractivity contribution >= 4 is 36.8 Å². The number of nitrogens with zero attached hydrogens (tertiary/aromatic N) is 6. The van der Waals surface area contributed by atoms with Crippen LogP contribution in [0.4, 0.5) is 38.3 Å². The zero-order valence-electron chi connectivity index (χ0n) is 24.0. The first kappa shape index (κ1) is 31.4. The molecule has 3 aromatic heterocycles. The minimum absolute atomic E-state index is 0.115. The number of ether oxygens (including phenoxy) is 1. The van der Waals surface area contributed by atoms with Crippen LogP contribution in [-0.2, 0) is 24.7 Å². The van der Waals surface area contributed by atoms with E-state index < -0.39 is 55.6 Å². The van der Waals surface area contributed by atoms with Gasteiger partial charge in [0.25, 0.3) is 11.5 Å². The number of pyridine rings is 1. The molecule has 0 bridgehead atoms. The highest BCUT2D eigenvalue weighted by Crippen LogP contribution is 2.34. The smallest absolute Gasteiger partial charge is 0.361 e. The third-order valence-corrected chi connectivity index (χ3v) is 8.81. The fourth-order valence-electron chi connectivity index (χ4n) is 4.65. The van der Waals surface area contributed by atoms with Gasteiger partial charge in [-0.3, -0.25) is 4.79 Å². The molecule has 0 aromatic carbocycles. The third-order valence-electron chi connectivity index (χ3n) is 7.10. The first-order chi connectivity index (χ1) is 19.5. The molecule has 1 saturated heterocycles. The highest BCUT2D eigenvalue weighted by Gasteiger charge is 2.48. The SMILES string of the molecule is CN(C(=O)Nc1cc(C(F)(F)F)cn(C)c1=O)C1CCN(c2cnc3c(ccn3COCC[Si](C)(C)C)n2)CC1(F)F. The molecule has 2 amide bonds. The number of carbonyl (C=O) groups excluding carboxylic acids is 1. The average molecular weight is 616 g/mol. The van der Waals surface area contributed by atoms with E-state index in [1.807, 2.05) is 0 Å². The molecule has 1 fully saturated rings. The summed E-state index contributed by atoms with van der Waals surface area (Å²) >= 11 is 0. The van der Waals surface area contributed by atoms with Crippen molar-refractivity contribution in [1.29, 1.82) is 0 Å². The predicted molar refractivity (Wildman–Crippen MR) is 151 cm³/mol. The summed E-state index contributed by atoms with van der Waals surface area (Å²) in [7, 11) is 0.984. The van der Waals surface area contributed by atoms with Crippen LogP contribution in [0.2, 0.25) is 25.7 Å². The Morgan fingerprint density at radius 3 is 2.64 bits per heavy atom. The van der Waals surface area contributed by atoms with Crippen LogP contribution in [-0.4, -0.2) is 76.8 Å². The highest BCUT2D eigenvalue weighted by molar-refractivity contribution is 6.76. The number of anilines is 2. The van der Waals surface area contributed by atoms with Gasteiger partial charge in [-0.05, 0) is 24.6 Å². The van der Waals surface area contributed by atoms with Crippen molar-refractivity contribution in [1.82, 2.24) is 24.0 Å². The number of fused-ring (bicyclic) bond motifs is 1. The van der Waals surface area contributed by atoms with Gasteiger partial charge in [-0.15, -0.1) is 0 Å². The quantitative estimate of drug-likeness (QED) is 0.221. The van der Waals surface area contributed by atoms with Crippen molar-refractivity contribution in [3.63, 3.8) is 0 Å². The van der Waals surface area contributed by atoms with Gasteiger partial charge in [0.15, 0.2) is 5.65 Å². The van der Waals surface area contributed by atoms with Crippen LogP contribution in [0.25, 0.3) is 11.2 Å². The zero-order valence-corrected chi connectivity index (χ0v) is 25.0. The number of halogens is 5. The molecule has 0 spiro atoms. The van der Waals surface area contributed by atoms with E-state index in [0.29, 0.717) is 46.2 Å². The summed E-state index contributed by atoms with van der Waals surface area (Å²) in [6.45, 7) is 7.07. The van der Waals surface area contributed by atoms with Gasteiger partial charge in [-0.2, -0.15) is 13.2 Å². The van der Waals surface area contributed by atoms with Gasteiger partial charge in [-0.25, -0.2) is 23.5 Å². The maximum atomic E-state index is 15.3. The number of piperidine rings is 1. The van der Waals surface area contributed by atoms with Crippen molar-refractivity contribution in [2.75, 3.05) is 37.0 Å². The van der Waals surface area contributed by atoms with Crippen LogP contribution >= 0.6 is 0 Å². The molecule has 1 aliphatic rings. The Morgan fingerprint density at radius 2 is 2.00 bits per heavy atom. The number of aryl methyl sites for hydroxylation is 1. The molecule has 1 atom stereocenters. The molecule has 16 heteroatoms. The minimum atomic E-state index is -4.77. The van der Waals surface area contributed by atoms with Crippen LogP contribution in [0.1, 0.15) is 12.0 Å². The second-order valence-electron chi connectivity index (χ2n) is 11.7. The normalized spacial score (nSPS) is 17.5. The molecule has 4 rings (SSSR count). The van der Waals surface area contributed by atoms with Crippen LogP contribution in [0, 0.1) is 0 Å². The summed E-state index contributed by atoms with van der Waals surface area (Å²) in [5.41, 5.74) is -1.66. The molecule has 3 aromatic rings. The number of aromatic nitrogens is 4. The lowest BCUT2D eigenvalue weighted by atomic mass is 9.99. The summed E-state index contributed by atoms with van der Waals surface area (Å²) in [5, 5.41) is 2.06. The van der Waals surface area contributed by atoms with Crippen molar-refractivity contribution < 1.29 is 31.5 Å². The monoisotopic (exact) mass is 615 g/mol. The fourth-order valence-corrected chi connectivity index (χ4v) is 5.41. The number of hydrogen-bond acceptors (Lipinski definition) is 6. The van der Waals surface area contributed by atoms with E-state index in [4.69, 9.17) is 4.74 Å². The number of nitrogens with one attached hydrogen (secondary N) is 1. The number of carbonyl (C=O) groups is 1. The number of rotatable bonds is 8. The van der Waals surface area contributed by atoms with E-state index in [1.165, 1.54) is 11.1 Å². The maximum absolute atomic E-state index is 15.3. The molecule has 10 nitrogen and oxygen atoms in total. The topological polar surface area (TPSA) is 97.5 Å². The Bertz CT molecular complexity index is 1500. The lowest BCUT2D eigenvalue weighted by Crippen LogP contribution is -2.59. The van der Waals surface area contributed by atoms with E-state index in [0.717, 1.165) is 20.1 Å². The lowest BCUT2D eigenvalue weighted by molar-refractivity contribution is -0.138. The average Bonchev–Trinajstić information content (AvgIpc) is 3.29. The maximum Gasteiger partial charge on any atom is 0.417 e. The molecular weight excluding hydrogens is 581 g/mol. The molecule has 230 valence electrons. The largest absolute Gasteiger partial charge is 0.417 e. The Labute approximate surface area is 240 Å². The summed E-state index contributed by atoms with van der Waals surface area (Å²) in [6, 6.07) is 0.534. The van der Waals surface area contributed by atoms with E-state index in [2.05, 4.69) is 34.9 Å². The Morgan fingerprint density at radius 1 is 1.29 bits per heavy atom. The first-order valence-corrected chi connectivity index (χ1v) is 17.0. The van der Waals surface area contributed by atoms with Crippen molar-refractivity contribution in [2.45, 2.75) is 57.0 Å². The van der Waals surface area contributed by atoms with Crippen LogP contribution in [0.5, 0.6) is 0 Å². The first-order valence-electron chi connectivity index (χ1n) is 13.3. The zero-order chi connectivity index (χ0) is 31.0. The second-order valence-corrected chi connectivity index (χ2v) is 17.3. The Balaban J connectivity index is 1.42. The molecule has 1 N–H and O–H groups in total. The second kappa shape index (κ2) is 11.6. The van der Waals surface area contributed by atoms with Crippen molar-refractivity contribution in [2.24, 2.45) is 7.05 Å². The molecule has 0 radical (unpaired) electrons. The Hall–Kier alpha value is -3.53. The highest BCUT2D eigenvalue weighted by atomic mass is 28.3. The number of hydrogen-bond donors (Lipinski definition) is 1. The van der Waals surface area contributed by atoms with Gasteiger partial charge in [0.2, 0.25) is 0 Å². The fraction of sp³-hybridized carbons (Fsp3) is 0.538. The number of alkyl halides is 5. The van der Waals surface area contributed by atoms with Gasteiger partial charge in [0.05, 0.1) is 18.3 Å². The Kier molecular flexibility index (Phi) is 8.69. The van der Waals surface area contributed by atoms with Crippen LogP contribution in [0.15, 0.2) is 35.5 Å². The summed E-state index contributed by atoms with van der Waals surface area (Å²) < 4.78 is 78.5. The van der Waals surface area contributed by atoms with Gasteiger partial charge in [-0.1, -0.05) is 19.6 Å². The lowest BCUT2D eigenvalue weighted by Gasteiger charge is -2.42. The van der Waals surface area contributed by atoms with Gasteiger partial charge in [0, 0.05) is 47.7 Å².